The maximum absolute atomic E-state index is 14.0. The fraction of sp³-hybridized carbons (Fsp3) is 0.625. The largest absolute Gasteiger partial charge is 0.573 e. The first-order valence-corrected chi connectivity index (χ1v) is 7.91. The van der Waals surface area contributed by atoms with E-state index >= 15 is 0 Å². The molecule has 1 aromatic carbocycles. The van der Waals surface area contributed by atoms with Crippen molar-refractivity contribution in [1.29, 1.82) is 0 Å². The van der Waals surface area contributed by atoms with Crippen LogP contribution in [-0.4, -0.2) is 31.0 Å². The van der Waals surface area contributed by atoms with Gasteiger partial charge >= 0.3 is 6.36 Å². The lowest BCUT2D eigenvalue weighted by Gasteiger charge is -2.48. The van der Waals surface area contributed by atoms with Crippen LogP contribution in [0.3, 0.4) is 0 Å². The number of rotatable bonds is 2. The average molecular weight is 332 g/mol. The average Bonchev–Trinajstić information content (AvgIpc) is 2.47. The van der Waals surface area contributed by atoms with Gasteiger partial charge in [0.05, 0.1) is 0 Å². The molecule has 23 heavy (non-hydrogen) atoms. The van der Waals surface area contributed by atoms with E-state index in [1.165, 1.54) is 12.5 Å². The van der Waals surface area contributed by atoms with Crippen LogP contribution in [0.2, 0.25) is 0 Å². The molecule has 1 heterocycles. The summed E-state index contributed by atoms with van der Waals surface area (Å²) in [5.74, 6) is -1.78. The van der Waals surface area contributed by atoms with Gasteiger partial charge < -0.3 is 15.0 Å². The van der Waals surface area contributed by atoms with E-state index in [1.807, 2.05) is 0 Å². The summed E-state index contributed by atoms with van der Waals surface area (Å²) in [6.45, 7) is 2.77. The van der Waals surface area contributed by atoms with Gasteiger partial charge in [-0.3, -0.25) is 0 Å². The third kappa shape index (κ3) is 3.71. The first-order valence-electron chi connectivity index (χ1n) is 7.91. The van der Waals surface area contributed by atoms with Gasteiger partial charge in [0, 0.05) is 36.4 Å². The zero-order valence-electron chi connectivity index (χ0n) is 12.9. The van der Waals surface area contributed by atoms with Crippen molar-refractivity contribution in [2.45, 2.75) is 57.1 Å². The molecule has 0 aromatic heterocycles. The number of benzene rings is 1. The molecule has 2 fully saturated rings. The van der Waals surface area contributed by atoms with Crippen molar-refractivity contribution >= 4 is 5.69 Å². The monoisotopic (exact) mass is 332 g/mol. The smallest absolute Gasteiger partial charge is 0.403 e. The molecule has 3 atom stereocenters. The molecule has 0 unspecified atom stereocenters. The third-order valence-corrected chi connectivity index (χ3v) is 4.57. The van der Waals surface area contributed by atoms with Crippen LogP contribution in [0.5, 0.6) is 5.75 Å². The number of ether oxygens (including phenoxy) is 1. The predicted octanol–water partition coefficient (Wildman–Crippen LogP) is 3.83. The number of fused-ring (bicyclic) bond motifs is 1. The maximum Gasteiger partial charge on any atom is 0.573 e. The van der Waals surface area contributed by atoms with Gasteiger partial charge in [0.25, 0.3) is 0 Å². The molecule has 1 aliphatic carbocycles. The summed E-state index contributed by atoms with van der Waals surface area (Å²) in [5.41, 5.74) is 0.613. The molecule has 0 amide bonds. The molecule has 2 aliphatic rings. The number of halogens is 4. The molecule has 1 saturated carbocycles. The van der Waals surface area contributed by atoms with E-state index < -0.39 is 17.9 Å². The van der Waals surface area contributed by atoms with Crippen LogP contribution in [0.25, 0.3) is 0 Å². The van der Waals surface area contributed by atoms with Gasteiger partial charge in [0.2, 0.25) is 0 Å². The Morgan fingerprint density at radius 3 is 2.65 bits per heavy atom. The summed E-state index contributed by atoms with van der Waals surface area (Å²) in [5, 5.41) is 3.57. The number of piperazine rings is 1. The van der Waals surface area contributed by atoms with E-state index in [1.54, 1.807) is 0 Å². The number of anilines is 1. The topological polar surface area (TPSA) is 24.5 Å². The summed E-state index contributed by atoms with van der Waals surface area (Å²) in [6, 6.07) is 4.57. The van der Waals surface area contributed by atoms with Gasteiger partial charge in [-0.05, 0) is 31.9 Å². The highest BCUT2D eigenvalue weighted by molar-refractivity contribution is 5.52. The molecule has 7 heteroatoms. The van der Waals surface area contributed by atoms with Crippen LogP contribution in [-0.2, 0) is 0 Å². The Hall–Kier alpha value is -1.50. The van der Waals surface area contributed by atoms with Gasteiger partial charge in [-0.1, -0.05) is 12.8 Å². The Morgan fingerprint density at radius 2 is 1.96 bits per heavy atom. The standard InChI is InChI=1S/C16H20F4N2O/c1-10-9-22(14-5-3-2-4-13(14)21-10)11-6-7-15(12(17)8-11)23-16(18,19)20/h6-8,10,13-14,21H,2-5,9H2,1H3/t10-,13+,14+/m1/s1. The lowest BCUT2D eigenvalue weighted by molar-refractivity contribution is -0.275. The lowest BCUT2D eigenvalue weighted by Crippen LogP contribution is -2.62. The van der Waals surface area contributed by atoms with E-state index in [4.69, 9.17) is 0 Å². The van der Waals surface area contributed by atoms with Gasteiger partial charge in [0.1, 0.15) is 0 Å². The van der Waals surface area contributed by atoms with E-state index in [0.29, 0.717) is 18.3 Å². The number of nitrogens with one attached hydrogen (secondary N) is 1. The van der Waals surface area contributed by atoms with Crippen LogP contribution in [0.1, 0.15) is 32.6 Å². The van der Waals surface area contributed by atoms with E-state index in [9.17, 15) is 17.6 Å². The normalized spacial score (nSPS) is 28.4. The van der Waals surface area contributed by atoms with Gasteiger partial charge in [0.15, 0.2) is 11.6 Å². The summed E-state index contributed by atoms with van der Waals surface area (Å²) >= 11 is 0. The molecule has 3 rings (SSSR count). The van der Waals surface area contributed by atoms with Crippen molar-refractivity contribution in [2.24, 2.45) is 0 Å². The Bertz CT molecular complexity index is 564. The third-order valence-electron chi connectivity index (χ3n) is 4.57. The molecule has 0 spiro atoms. The predicted molar refractivity (Wildman–Crippen MR) is 79.1 cm³/mol. The first kappa shape index (κ1) is 16.4. The van der Waals surface area contributed by atoms with Gasteiger partial charge in [-0.2, -0.15) is 0 Å². The minimum atomic E-state index is -4.89. The van der Waals surface area contributed by atoms with E-state index in [2.05, 4.69) is 21.9 Å². The Morgan fingerprint density at radius 1 is 1.22 bits per heavy atom. The second kappa shape index (κ2) is 6.19. The van der Waals surface area contributed by atoms with Crippen molar-refractivity contribution in [1.82, 2.24) is 5.32 Å². The molecular formula is C16H20F4N2O. The quantitative estimate of drug-likeness (QED) is 0.833. The molecule has 3 nitrogen and oxygen atoms in total. The van der Waals surface area contributed by atoms with E-state index in [0.717, 1.165) is 31.4 Å². The summed E-state index contributed by atoms with van der Waals surface area (Å²) in [7, 11) is 0. The van der Waals surface area contributed by atoms with Gasteiger partial charge in [-0.15, -0.1) is 13.2 Å². The fourth-order valence-electron chi connectivity index (χ4n) is 3.70. The Labute approximate surface area is 132 Å². The van der Waals surface area contributed by atoms with Crippen LogP contribution < -0.4 is 15.0 Å². The minimum absolute atomic E-state index is 0.253. The highest BCUT2D eigenvalue weighted by atomic mass is 19.4. The van der Waals surface area contributed by atoms with Crippen molar-refractivity contribution in [3.8, 4) is 5.75 Å². The number of alkyl halides is 3. The highest BCUT2D eigenvalue weighted by Gasteiger charge is 2.36. The molecule has 0 bridgehead atoms. The molecule has 128 valence electrons. The first-order chi connectivity index (χ1) is 10.8. The molecule has 1 aliphatic heterocycles. The molecular weight excluding hydrogens is 312 g/mol. The summed E-state index contributed by atoms with van der Waals surface area (Å²) < 4.78 is 54.4. The van der Waals surface area contributed by atoms with Gasteiger partial charge in [-0.25, -0.2) is 4.39 Å². The molecule has 1 aromatic rings. The van der Waals surface area contributed by atoms with Crippen molar-refractivity contribution in [3.05, 3.63) is 24.0 Å². The molecule has 1 N–H and O–H groups in total. The van der Waals surface area contributed by atoms with E-state index in [-0.39, 0.29) is 12.1 Å². The van der Waals surface area contributed by atoms with Crippen LogP contribution in [0.15, 0.2) is 18.2 Å². The SMILES string of the molecule is C[C@@H]1CN(c2ccc(OC(F)(F)F)c(F)c2)[C@H]2CCCC[C@@H]2N1. The number of hydrogen-bond acceptors (Lipinski definition) is 3. The summed E-state index contributed by atoms with van der Waals surface area (Å²) in [4.78, 5) is 2.12. The second-order valence-electron chi connectivity index (χ2n) is 6.34. The zero-order valence-corrected chi connectivity index (χ0v) is 12.9. The zero-order chi connectivity index (χ0) is 16.6. The van der Waals surface area contributed by atoms with Crippen LogP contribution in [0, 0.1) is 5.82 Å². The molecule has 0 radical (unpaired) electrons. The minimum Gasteiger partial charge on any atom is -0.403 e. The number of nitrogens with zero attached hydrogens (tertiary/aromatic N) is 1. The highest BCUT2D eigenvalue weighted by Crippen LogP contribution is 2.34. The molecule has 1 saturated heterocycles. The summed E-state index contributed by atoms with van der Waals surface area (Å²) in [6.07, 6.45) is -0.524. The number of hydrogen-bond donors (Lipinski definition) is 1. The lowest BCUT2D eigenvalue weighted by atomic mass is 9.86. The second-order valence-corrected chi connectivity index (χ2v) is 6.34. The van der Waals surface area contributed by atoms with Crippen molar-refractivity contribution in [2.75, 3.05) is 11.4 Å². The fourth-order valence-corrected chi connectivity index (χ4v) is 3.70. The van der Waals surface area contributed by atoms with Crippen LogP contribution >= 0.6 is 0 Å². The van der Waals surface area contributed by atoms with Crippen molar-refractivity contribution in [3.63, 3.8) is 0 Å². The van der Waals surface area contributed by atoms with Crippen molar-refractivity contribution < 1.29 is 22.3 Å². The van der Waals surface area contributed by atoms with Crippen LogP contribution in [0.4, 0.5) is 23.2 Å². The Balaban J connectivity index is 1.83. The maximum atomic E-state index is 14.0. The Kier molecular flexibility index (Phi) is 4.40.